The molecule has 3 heterocycles. The molecular formula is C18H18FN3OS. The zero-order valence-corrected chi connectivity index (χ0v) is 13.9. The summed E-state index contributed by atoms with van der Waals surface area (Å²) >= 11 is 5.54. The molecule has 1 aromatic heterocycles. The van der Waals surface area contributed by atoms with Crippen molar-refractivity contribution in [1.82, 2.24) is 9.47 Å². The van der Waals surface area contributed by atoms with Crippen LogP contribution >= 0.6 is 12.2 Å². The Balaban J connectivity index is 1.52. The molecule has 0 radical (unpaired) electrons. The van der Waals surface area contributed by atoms with Crippen molar-refractivity contribution in [3.05, 3.63) is 64.3 Å². The van der Waals surface area contributed by atoms with E-state index in [1.807, 2.05) is 16.7 Å². The third-order valence-electron chi connectivity index (χ3n) is 4.86. The number of nitrogens with one attached hydrogen (secondary N) is 1. The number of thiocarbonyl (C=S) groups is 1. The van der Waals surface area contributed by atoms with Crippen LogP contribution in [0.4, 0.5) is 10.1 Å². The van der Waals surface area contributed by atoms with Crippen molar-refractivity contribution in [3.8, 4) is 0 Å². The predicted octanol–water partition coefficient (Wildman–Crippen LogP) is 2.80. The summed E-state index contributed by atoms with van der Waals surface area (Å²) in [5.74, 6) is 0.477. The molecule has 1 fully saturated rings. The molecule has 1 N–H and O–H groups in total. The largest absolute Gasteiger partial charge is 0.348 e. The van der Waals surface area contributed by atoms with Crippen LogP contribution in [0.2, 0.25) is 0 Å². The highest BCUT2D eigenvalue weighted by Gasteiger charge is 2.35. The summed E-state index contributed by atoms with van der Waals surface area (Å²) in [6.45, 7) is 2.39. The van der Waals surface area contributed by atoms with Crippen molar-refractivity contribution in [2.45, 2.75) is 18.9 Å². The molecular weight excluding hydrogens is 325 g/mol. The first-order valence-electron chi connectivity index (χ1n) is 8.11. The molecule has 0 saturated carbocycles. The van der Waals surface area contributed by atoms with E-state index in [4.69, 9.17) is 12.2 Å². The van der Waals surface area contributed by atoms with Crippen LogP contribution in [-0.2, 0) is 6.54 Å². The van der Waals surface area contributed by atoms with E-state index in [1.54, 1.807) is 18.2 Å². The lowest BCUT2D eigenvalue weighted by Gasteiger charge is -2.43. The topological polar surface area (TPSA) is 37.3 Å². The van der Waals surface area contributed by atoms with E-state index in [0.29, 0.717) is 16.9 Å². The van der Waals surface area contributed by atoms with E-state index in [9.17, 15) is 9.18 Å². The number of hydrogen-bond donors (Lipinski definition) is 1. The van der Waals surface area contributed by atoms with Crippen molar-refractivity contribution >= 4 is 23.0 Å². The lowest BCUT2D eigenvalue weighted by Crippen LogP contribution is -2.50. The van der Waals surface area contributed by atoms with Gasteiger partial charge in [-0.3, -0.25) is 4.79 Å². The molecule has 0 aliphatic carbocycles. The third kappa shape index (κ3) is 2.82. The minimum absolute atomic E-state index is 0.0858. The zero-order chi connectivity index (χ0) is 16.7. The molecule has 1 aromatic carbocycles. The molecule has 2 atom stereocenters. The van der Waals surface area contributed by atoms with Crippen molar-refractivity contribution < 1.29 is 4.39 Å². The quantitative estimate of drug-likeness (QED) is 0.808. The molecule has 2 aliphatic rings. The summed E-state index contributed by atoms with van der Waals surface area (Å²) < 4.78 is 14.9. The second-order valence-electron chi connectivity index (χ2n) is 6.54. The SMILES string of the molecule is O=c1cccc2n1C[C@@H]1C[C@@H]2CN(C(=S)Nc2ccc(F)cc2)C1. The molecule has 1 saturated heterocycles. The summed E-state index contributed by atoms with van der Waals surface area (Å²) in [5.41, 5.74) is 1.98. The van der Waals surface area contributed by atoms with Crippen LogP contribution in [-0.4, -0.2) is 27.7 Å². The first-order valence-corrected chi connectivity index (χ1v) is 8.52. The summed E-state index contributed by atoms with van der Waals surface area (Å²) in [4.78, 5) is 14.2. The highest BCUT2D eigenvalue weighted by molar-refractivity contribution is 7.80. The molecule has 4 nitrogen and oxygen atoms in total. The second kappa shape index (κ2) is 6.02. The number of piperidine rings is 1. The van der Waals surface area contributed by atoms with Gasteiger partial charge in [0.1, 0.15) is 5.82 Å². The first kappa shape index (κ1) is 15.3. The van der Waals surface area contributed by atoms with Gasteiger partial charge in [0.15, 0.2) is 5.11 Å². The molecule has 2 bridgehead atoms. The number of fused-ring (bicyclic) bond motifs is 4. The molecule has 2 aliphatic heterocycles. The molecule has 124 valence electrons. The van der Waals surface area contributed by atoms with Crippen molar-refractivity contribution in [2.75, 3.05) is 18.4 Å². The Kier molecular flexibility index (Phi) is 3.84. The smallest absolute Gasteiger partial charge is 0.250 e. The van der Waals surface area contributed by atoms with Crippen LogP contribution in [0.1, 0.15) is 18.0 Å². The van der Waals surface area contributed by atoms with Gasteiger partial charge in [0.05, 0.1) is 0 Å². The summed E-state index contributed by atoms with van der Waals surface area (Å²) in [7, 11) is 0. The van der Waals surface area contributed by atoms with Crippen molar-refractivity contribution in [2.24, 2.45) is 5.92 Å². The lowest BCUT2D eigenvalue weighted by atomic mass is 9.83. The predicted molar refractivity (Wildman–Crippen MR) is 95.7 cm³/mol. The highest BCUT2D eigenvalue weighted by atomic mass is 32.1. The molecule has 2 aromatic rings. The van der Waals surface area contributed by atoms with Crippen LogP contribution in [0.25, 0.3) is 0 Å². The van der Waals surface area contributed by atoms with Gasteiger partial charge in [0, 0.05) is 43.0 Å². The van der Waals surface area contributed by atoms with Gasteiger partial charge < -0.3 is 14.8 Å². The molecule has 0 unspecified atom stereocenters. The minimum Gasteiger partial charge on any atom is -0.348 e. The van der Waals surface area contributed by atoms with E-state index < -0.39 is 0 Å². The van der Waals surface area contributed by atoms with Crippen LogP contribution in [0.3, 0.4) is 0 Å². The normalized spacial score (nSPS) is 22.0. The van der Waals surface area contributed by atoms with E-state index in [2.05, 4.69) is 10.2 Å². The van der Waals surface area contributed by atoms with Crippen LogP contribution in [0.15, 0.2) is 47.3 Å². The Bertz CT molecular complexity index is 833. The number of nitrogens with zero attached hydrogens (tertiary/aromatic N) is 2. The summed E-state index contributed by atoms with van der Waals surface area (Å²) in [6.07, 6.45) is 1.10. The maximum atomic E-state index is 13.0. The number of likely N-dealkylation sites (tertiary alicyclic amines) is 1. The van der Waals surface area contributed by atoms with E-state index >= 15 is 0 Å². The second-order valence-corrected chi connectivity index (χ2v) is 6.93. The fourth-order valence-electron chi connectivity index (χ4n) is 3.80. The highest BCUT2D eigenvalue weighted by Crippen LogP contribution is 2.35. The standard InChI is InChI=1S/C18H18FN3OS/c19-14-4-6-15(7-5-14)20-18(24)21-9-12-8-13(11-21)16-2-1-3-17(23)22(16)10-12/h1-7,12-13H,8-11H2,(H,20,24)/t12-,13-/m1/s1. The molecule has 6 heteroatoms. The monoisotopic (exact) mass is 343 g/mol. The number of pyridine rings is 1. The number of anilines is 1. The third-order valence-corrected chi connectivity index (χ3v) is 5.22. The first-order chi connectivity index (χ1) is 11.6. The van der Waals surface area contributed by atoms with Gasteiger partial charge >= 0.3 is 0 Å². The van der Waals surface area contributed by atoms with Crippen molar-refractivity contribution in [3.63, 3.8) is 0 Å². The van der Waals surface area contributed by atoms with E-state index in [-0.39, 0.29) is 11.4 Å². The van der Waals surface area contributed by atoms with Gasteiger partial charge in [0.25, 0.3) is 5.56 Å². The minimum atomic E-state index is -0.263. The average molecular weight is 343 g/mol. The maximum Gasteiger partial charge on any atom is 0.250 e. The summed E-state index contributed by atoms with van der Waals surface area (Å²) in [5, 5.41) is 3.84. The Labute approximate surface area is 144 Å². The Morgan fingerprint density at radius 2 is 1.92 bits per heavy atom. The number of rotatable bonds is 1. The van der Waals surface area contributed by atoms with Gasteiger partial charge in [-0.1, -0.05) is 6.07 Å². The number of benzene rings is 1. The number of aromatic nitrogens is 1. The maximum absolute atomic E-state index is 13.0. The van der Waals surface area contributed by atoms with Gasteiger partial charge in [-0.15, -0.1) is 0 Å². The van der Waals surface area contributed by atoms with Crippen LogP contribution in [0, 0.1) is 11.7 Å². The fourth-order valence-corrected chi connectivity index (χ4v) is 4.06. The lowest BCUT2D eigenvalue weighted by molar-refractivity contribution is 0.180. The molecule has 24 heavy (non-hydrogen) atoms. The average Bonchev–Trinajstić information content (AvgIpc) is 2.58. The Morgan fingerprint density at radius 3 is 2.71 bits per heavy atom. The van der Waals surface area contributed by atoms with Gasteiger partial charge in [-0.2, -0.15) is 0 Å². The van der Waals surface area contributed by atoms with E-state index in [1.165, 1.54) is 12.1 Å². The molecule has 0 spiro atoms. The number of hydrogen-bond acceptors (Lipinski definition) is 2. The number of halogens is 1. The van der Waals surface area contributed by atoms with Crippen LogP contribution in [0.5, 0.6) is 0 Å². The molecule has 0 amide bonds. The van der Waals surface area contributed by atoms with Crippen LogP contribution < -0.4 is 10.9 Å². The molecule has 4 rings (SSSR count). The zero-order valence-electron chi connectivity index (χ0n) is 13.1. The van der Waals surface area contributed by atoms with Gasteiger partial charge in [0.2, 0.25) is 0 Å². The van der Waals surface area contributed by atoms with E-state index in [0.717, 1.165) is 37.4 Å². The van der Waals surface area contributed by atoms with Gasteiger partial charge in [-0.05, 0) is 54.9 Å². The van der Waals surface area contributed by atoms with Crippen molar-refractivity contribution in [1.29, 1.82) is 0 Å². The summed E-state index contributed by atoms with van der Waals surface area (Å²) in [6, 6.07) is 11.7. The Hall–Kier alpha value is -2.21. The van der Waals surface area contributed by atoms with Gasteiger partial charge in [-0.25, -0.2) is 4.39 Å². The fraction of sp³-hybridized carbons (Fsp3) is 0.333. The Morgan fingerprint density at radius 1 is 1.12 bits per heavy atom.